The van der Waals surface area contributed by atoms with Crippen LogP contribution in [-0.2, 0) is 4.74 Å². The van der Waals surface area contributed by atoms with Crippen molar-refractivity contribution in [3.8, 4) is 5.75 Å². The van der Waals surface area contributed by atoms with Gasteiger partial charge in [-0.3, -0.25) is 9.78 Å². The predicted octanol–water partition coefficient (Wildman–Crippen LogP) is 4.11. The Balaban J connectivity index is 1.83. The summed E-state index contributed by atoms with van der Waals surface area (Å²) in [6, 6.07) is 13.0. The number of amides is 1. The van der Waals surface area contributed by atoms with Gasteiger partial charge in [0.2, 0.25) is 0 Å². The lowest BCUT2D eigenvalue weighted by atomic mass is 10.1. The van der Waals surface area contributed by atoms with Gasteiger partial charge in [0.25, 0.3) is 5.91 Å². The minimum absolute atomic E-state index is 0.0787. The van der Waals surface area contributed by atoms with Gasteiger partial charge in [-0.25, -0.2) is 0 Å². The quantitative estimate of drug-likeness (QED) is 0.717. The number of hydrogen-bond acceptors (Lipinski definition) is 5. The van der Waals surface area contributed by atoms with Crippen LogP contribution in [0.15, 0.2) is 48.7 Å². The Morgan fingerprint density at radius 1 is 1.21 bits per heavy atom. The van der Waals surface area contributed by atoms with E-state index in [9.17, 15) is 4.79 Å². The minimum Gasteiger partial charge on any atom is -0.495 e. The number of rotatable bonds is 4. The molecule has 6 nitrogen and oxygen atoms in total. The van der Waals surface area contributed by atoms with Crippen LogP contribution >= 0.6 is 11.6 Å². The average Bonchev–Trinajstić information content (AvgIpc) is 2.74. The molecule has 1 aliphatic heterocycles. The van der Waals surface area contributed by atoms with Crippen molar-refractivity contribution in [2.45, 2.75) is 0 Å². The van der Waals surface area contributed by atoms with E-state index in [0.29, 0.717) is 54.0 Å². The van der Waals surface area contributed by atoms with Crippen molar-refractivity contribution in [2.75, 3.05) is 38.7 Å². The lowest BCUT2D eigenvalue weighted by Crippen LogP contribution is -2.41. The first-order valence-electron chi connectivity index (χ1n) is 9.02. The molecule has 1 N–H and O–H groups in total. The molecule has 2 aromatic carbocycles. The summed E-state index contributed by atoms with van der Waals surface area (Å²) in [5.74, 6) is 0.556. The van der Waals surface area contributed by atoms with E-state index in [1.807, 2.05) is 24.3 Å². The number of morpholine rings is 1. The Bertz CT molecular complexity index is 1020. The van der Waals surface area contributed by atoms with E-state index in [-0.39, 0.29) is 5.91 Å². The maximum Gasteiger partial charge on any atom is 0.257 e. The molecule has 0 saturated carbocycles. The molecular formula is C21H20ClN3O3. The summed E-state index contributed by atoms with van der Waals surface area (Å²) >= 11 is 6.19. The second-order valence-corrected chi connectivity index (χ2v) is 6.87. The first-order chi connectivity index (χ1) is 13.7. The number of carbonyl (C=O) groups is 1. The number of nitrogens with one attached hydrogen (secondary N) is 1. The van der Waals surface area contributed by atoms with Gasteiger partial charge in [-0.1, -0.05) is 29.8 Å². The zero-order valence-corrected chi connectivity index (χ0v) is 16.2. The van der Waals surface area contributed by atoms with Crippen LogP contribution < -0.4 is 10.1 Å². The number of anilines is 2. The van der Waals surface area contributed by atoms with Gasteiger partial charge in [-0.05, 0) is 24.3 Å². The summed E-state index contributed by atoms with van der Waals surface area (Å²) in [5, 5.41) is 4.79. The molecule has 3 aromatic rings. The molecule has 4 rings (SSSR count). The number of hydrogen-bond donors (Lipinski definition) is 1. The Morgan fingerprint density at radius 3 is 2.79 bits per heavy atom. The van der Waals surface area contributed by atoms with Crippen molar-refractivity contribution in [3.63, 3.8) is 0 Å². The second-order valence-electron chi connectivity index (χ2n) is 6.44. The van der Waals surface area contributed by atoms with Crippen molar-refractivity contribution in [2.24, 2.45) is 0 Å². The molecule has 1 fully saturated rings. The van der Waals surface area contributed by atoms with Crippen molar-refractivity contribution in [3.05, 3.63) is 59.2 Å². The van der Waals surface area contributed by atoms with Crippen LogP contribution in [0.3, 0.4) is 0 Å². The number of fused-ring (bicyclic) bond motifs is 1. The topological polar surface area (TPSA) is 63.7 Å². The van der Waals surface area contributed by atoms with Gasteiger partial charge < -0.3 is 19.7 Å². The fourth-order valence-electron chi connectivity index (χ4n) is 3.29. The number of ether oxygens (including phenoxy) is 2. The van der Waals surface area contributed by atoms with Gasteiger partial charge in [-0.15, -0.1) is 0 Å². The van der Waals surface area contributed by atoms with Crippen LogP contribution in [0.25, 0.3) is 10.9 Å². The van der Waals surface area contributed by atoms with Crippen LogP contribution in [0.5, 0.6) is 5.75 Å². The highest BCUT2D eigenvalue weighted by Gasteiger charge is 2.23. The van der Waals surface area contributed by atoms with Crippen LogP contribution in [0.1, 0.15) is 10.4 Å². The average molecular weight is 398 g/mol. The smallest absolute Gasteiger partial charge is 0.257 e. The van der Waals surface area contributed by atoms with Crippen LogP contribution in [0, 0.1) is 0 Å². The van der Waals surface area contributed by atoms with Crippen LogP contribution in [0.4, 0.5) is 11.4 Å². The Hall–Kier alpha value is -2.83. The highest BCUT2D eigenvalue weighted by atomic mass is 35.5. The standard InChI is InChI=1S/C21H20ClN3O3/c1-27-19-7-6-14(22)12-18(19)24-20-15-4-2-3-5-17(15)23-13-16(20)21(26)25-8-10-28-11-9-25/h2-7,12-13H,8-11H2,1H3,(H,23,24). The molecule has 28 heavy (non-hydrogen) atoms. The molecule has 0 radical (unpaired) electrons. The molecule has 0 aliphatic carbocycles. The number of methoxy groups -OCH3 is 1. The monoisotopic (exact) mass is 397 g/mol. The number of pyridine rings is 1. The predicted molar refractivity (Wildman–Crippen MR) is 110 cm³/mol. The SMILES string of the molecule is COc1ccc(Cl)cc1Nc1c(C(=O)N2CCOCC2)cnc2ccccc12. The highest BCUT2D eigenvalue weighted by Crippen LogP contribution is 2.35. The molecule has 1 aliphatic rings. The molecule has 1 amide bonds. The number of nitrogens with zero attached hydrogens (tertiary/aromatic N) is 2. The Labute approximate surface area is 168 Å². The van der Waals surface area contributed by atoms with E-state index in [1.165, 1.54) is 0 Å². The zero-order valence-electron chi connectivity index (χ0n) is 15.4. The first-order valence-corrected chi connectivity index (χ1v) is 9.40. The summed E-state index contributed by atoms with van der Waals surface area (Å²) in [6.07, 6.45) is 1.62. The van der Waals surface area contributed by atoms with Crippen molar-refractivity contribution < 1.29 is 14.3 Å². The van der Waals surface area contributed by atoms with E-state index < -0.39 is 0 Å². The highest BCUT2D eigenvalue weighted by molar-refractivity contribution is 6.31. The second kappa shape index (κ2) is 8.04. The third-order valence-corrected chi connectivity index (χ3v) is 4.96. The molecule has 0 spiro atoms. The number of benzene rings is 2. The van der Waals surface area contributed by atoms with Crippen molar-refractivity contribution >= 4 is 39.8 Å². The molecule has 0 bridgehead atoms. The van der Waals surface area contributed by atoms with Gasteiger partial charge in [-0.2, -0.15) is 0 Å². The molecule has 144 valence electrons. The van der Waals surface area contributed by atoms with Gasteiger partial charge in [0.05, 0.1) is 42.8 Å². The molecule has 0 unspecified atom stereocenters. The van der Waals surface area contributed by atoms with Crippen LogP contribution in [0.2, 0.25) is 5.02 Å². The summed E-state index contributed by atoms with van der Waals surface area (Å²) in [7, 11) is 1.60. The molecule has 1 saturated heterocycles. The Kier molecular flexibility index (Phi) is 5.32. The van der Waals surface area contributed by atoms with E-state index in [2.05, 4.69) is 10.3 Å². The third-order valence-electron chi connectivity index (χ3n) is 4.73. The summed E-state index contributed by atoms with van der Waals surface area (Å²) < 4.78 is 10.8. The molecular weight excluding hydrogens is 378 g/mol. The zero-order chi connectivity index (χ0) is 19.5. The van der Waals surface area contributed by atoms with E-state index in [4.69, 9.17) is 21.1 Å². The number of aromatic nitrogens is 1. The molecule has 0 atom stereocenters. The van der Waals surface area contributed by atoms with E-state index >= 15 is 0 Å². The normalized spacial score (nSPS) is 14.1. The summed E-state index contributed by atoms with van der Waals surface area (Å²) in [5.41, 5.74) is 2.66. The van der Waals surface area contributed by atoms with Gasteiger partial charge in [0.1, 0.15) is 5.75 Å². The largest absolute Gasteiger partial charge is 0.495 e. The van der Waals surface area contributed by atoms with E-state index in [0.717, 1.165) is 10.9 Å². The minimum atomic E-state index is -0.0787. The molecule has 7 heteroatoms. The summed E-state index contributed by atoms with van der Waals surface area (Å²) in [6.45, 7) is 2.20. The fourth-order valence-corrected chi connectivity index (χ4v) is 3.46. The van der Waals surface area contributed by atoms with Crippen molar-refractivity contribution in [1.82, 2.24) is 9.88 Å². The van der Waals surface area contributed by atoms with Crippen molar-refractivity contribution in [1.29, 1.82) is 0 Å². The van der Waals surface area contributed by atoms with E-state index in [1.54, 1.807) is 36.4 Å². The molecule has 1 aromatic heterocycles. The lowest BCUT2D eigenvalue weighted by molar-refractivity contribution is 0.0303. The molecule has 2 heterocycles. The maximum absolute atomic E-state index is 13.2. The lowest BCUT2D eigenvalue weighted by Gasteiger charge is -2.28. The van der Waals surface area contributed by atoms with Gasteiger partial charge in [0, 0.05) is 29.7 Å². The Morgan fingerprint density at radius 2 is 2.00 bits per heavy atom. The number of halogens is 1. The van der Waals surface area contributed by atoms with Gasteiger partial charge in [0.15, 0.2) is 0 Å². The maximum atomic E-state index is 13.2. The van der Waals surface area contributed by atoms with Crippen LogP contribution in [-0.4, -0.2) is 49.2 Å². The number of para-hydroxylation sites is 1. The number of carbonyl (C=O) groups excluding carboxylic acids is 1. The van der Waals surface area contributed by atoms with Gasteiger partial charge >= 0.3 is 0 Å². The fraction of sp³-hybridized carbons (Fsp3) is 0.238. The third kappa shape index (κ3) is 3.61. The summed E-state index contributed by atoms with van der Waals surface area (Å²) in [4.78, 5) is 19.5. The first kappa shape index (κ1) is 18.5.